The van der Waals surface area contributed by atoms with Gasteiger partial charge in [0, 0.05) is 6.21 Å². The highest BCUT2D eigenvalue weighted by molar-refractivity contribution is 14.1. The lowest BCUT2D eigenvalue weighted by molar-refractivity contribution is 0.415. The molecule has 0 amide bonds. The van der Waals surface area contributed by atoms with Crippen LogP contribution < -0.4 is 4.74 Å². The third-order valence-corrected chi connectivity index (χ3v) is 3.63. The molecule has 0 saturated carbocycles. The monoisotopic (exact) mass is 387 g/mol. The number of hydrogen-bond acceptors (Lipinski definition) is 3. The molecule has 0 radical (unpaired) electrons. The molecule has 0 aliphatic carbocycles. The molecule has 0 heterocycles. The summed E-state index contributed by atoms with van der Waals surface area (Å²) in [5, 5.41) is 9.97. The Kier molecular flexibility index (Phi) is 4.66. The second-order valence-corrected chi connectivity index (χ2v) is 5.36. The fraction of sp³-hybridized carbons (Fsp3) is 0.0714. The summed E-state index contributed by atoms with van der Waals surface area (Å²) in [6.45, 7) is 0. The molecule has 2 aromatic carbocycles. The Hall–Kier alpha value is -1.27. The highest BCUT2D eigenvalue weighted by Crippen LogP contribution is 2.28. The lowest BCUT2D eigenvalue weighted by atomic mass is 10.2. The van der Waals surface area contributed by atoms with E-state index in [9.17, 15) is 5.11 Å². The SMILES string of the molecule is COc1ccc(N=Cc2ccc(O)c(I)c2)cc1Cl. The molecule has 2 aromatic rings. The van der Waals surface area contributed by atoms with E-state index in [0.29, 0.717) is 10.8 Å². The fourth-order valence-corrected chi connectivity index (χ4v) is 2.28. The van der Waals surface area contributed by atoms with Crippen molar-refractivity contribution in [2.45, 2.75) is 0 Å². The van der Waals surface area contributed by atoms with Crippen LogP contribution in [0.4, 0.5) is 5.69 Å². The molecule has 0 aromatic heterocycles. The zero-order chi connectivity index (χ0) is 13.8. The Morgan fingerprint density at radius 2 is 2.05 bits per heavy atom. The fourth-order valence-electron chi connectivity index (χ4n) is 1.49. The van der Waals surface area contributed by atoms with E-state index in [1.165, 1.54) is 0 Å². The summed E-state index contributed by atoms with van der Waals surface area (Å²) < 4.78 is 5.87. The van der Waals surface area contributed by atoms with E-state index in [4.69, 9.17) is 16.3 Å². The van der Waals surface area contributed by atoms with Gasteiger partial charge in [0.15, 0.2) is 0 Å². The Morgan fingerprint density at radius 1 is 1.26 bits per heavy atom. The lowest BCUT2D eigenvalue weighted by Crippen LogP contribution is -1.84. The van der Waals surface area contributed by atoms with Crippen LogP contribution in [-0.2, 0) is 0 Å². The van der Waals surface area contributed by atoms with E-state index < -0.39 is 0 Å². The average Bonchev–Trinajstić information content (AvgIpc) is 2.40. The van der Waals surface area contributed by atoms with Crippen LogP contribution in [-0.4, -0.2) is 18.4 Å². The average molecular weight is 388 g/mol. The summed E-state index contributed by atoms with van der Waals surface area (Å²) in [5.41, 5.74) is 1.66. The molecular weight excluding hydrogens is 377 g/mol. The minimum atomic E-state index is 0.269. The van der Waals surface area contributed by atoms with Gasteiger partial charge in [-0.15, -0.1) is 0 Å². The summed E-state index contributed by atoms with van der Waals surface area (Å²) in [6.07, 6.45) is 1.72. The van der Waals surface area contributed by atoms with Crippen molar-refractivity contribution in [3.63, 3.8) is 0 Å². The molecule has 5 heteroatoms. The van der Waals surface area contributed by atoms with Gasteiger partial charge in [-0.25, -0.2) is 0 Å². The molecule has 0 atom stereocenters. The van der Waals surface area contributed by atoms with Gasteiger partial charge >= 0.3 is 0 Å². The number of hydrogen-bond donors (Lipinski definition) is 1. The first-order valence-corrected chi connectivity index (χ1v) is 6.92. The molecule has 0 unspecified atom stereocenters. The predicted octanol–water partition coefficient (Wildman–Crippen LogP) is 4.41. The highest BCUT2D eigenvalue weighted by atomic mass is 127. The van der Waals surface area contributed by atoms with E-state index in [0.717, 1.165) is 14.8 Å². The molecule has 0 spiro atoms. The van der Waals surface area contributed by atoms with Crippen LogP contribution in [0.1, 0.15) is 5.56 Å². The zero-order valence-electron chi connectivity index (χ0n) is 10.1. The Morgan fingerprint density at radius 3 is 2.68 bits per heavy atom. The van der Waals surface area contributed by atoms with Gasteiger partial charge in [-0.3, -0.25) is 4.99 Å². The maximum Gasteiger partial charge on any atom is 0.137 e. The second kappa shape index (κ2) is 6.25. The van der Waals surface area contributed by atoms with Gasteiger partial charge in [-0.1, -0.05) is 11.6 Å². The van der Waals surface area contributed by atoms with Gasteiger partial charge in [0.05, 0.1) is 21.4 Å². The van der Waals surface area contributed by atoms with Crippen LogP contribution in [0.5, 0.6) is 11.5 Å². The van der Waals surface area contributed by atoms with Crippen LogP contribution in [0.25, 0.3) is 0 Å². The van der Waals surface area contributed by atoms with Crippen molar-refractivity contribution in [3.8, 4) is 11.5 Å². The first-order chi connectivity index (χ1) is 9.10. The summed E-state index contributed by atoms with van der Waals surface area (Å²) in [4.78, 5) is 4.33. The molecule has 0 aliphatic rings. The van der Waals surface area contributed by atoms with Crippen molar-refractivity contribution in [2.75, 3.05) is 7.11 Å². The third kappa shape index (κ3) is 3.61. The zero-order valence-corrected chi connectivity index (χ0v) is 13.0. The largest absolute Gasteiger partial charge is 0.507 e. The summed E-state index contributed by atoms with van der Waals surface area (Å²) >= 11 is 8.09. The first-order valence-electron chi connectivity index (χ1n) is 5.46. The predicted molar refractivity (Wildman–Crippen MR) is 86.1 cm³/mol. The van der Waals surface area contributed by atoms with Crippen LogP contribution in [0, 0.1) is 3.57 Å². The van der Waals surface area contributed by atoms with Gasteiger partial charge < -0.3 is 9.84 Å². The molecular formula is C14H11ClINO2. The number of nitrogens with zero attached hydrogens (tertiary/aromatic N) is 1. The van der Waals surface area contributed by atoms with E-state index in [2.05, 4.69) is 27.6 Å². The minimum Gasteiger partial charge on any atom is -0.507 e. The molecule has 0 fully saturated rings. The maximum absolute atomic E-state index is 9.44. The van der Waals surface area contributed by atoms with Gasteiger partial charge in [0.2, 0.25) is 0 Å². The molecule has 1 N–H and O–H groups in total. The molecule has 0 bridgehead atoms. The number of benzene rings is 2. The Bertz CT molecular complexity index is 629. The molecule has 19 heavy (non-hydrogen) atoms. The molecule has 3 nitrogen and oxygen atoms in total. The van der Waals surface area contributed by atoms with Crippen LogP contribution in [0.15, 0.2) is 41.4 Å². The van der Waals surface area contributed by atoms with E-state index in [1.807, 2.05) is 12.1 Å². The number of aliphatic imine (C=N–C) groups is 1. The van der Waals surface area contributed by atoms with Crippen molar-refractivity contribution < 1.29 is 9.84 Å². The van der Waals surface area contributed by atoms with Gasteiger partial charge in [-0.05, 0) is 64.6 Å². The lowest BCUT2D eigenvalue weighted by Gasteiger charge is -2.03. The topological polar surface area (TPSA) is 41.8 Å². The maximum atomic E-state index is 9.44. The van der Waals surface area contributed by atoms with Crippen LogP contribution in [0.3, 0.4) is 0 Å². The van der Waals surface area contributed by atoms with Crippen molar-refractivity contribution in [2.24, 2.45) is 4.99 Å². The molecule has 0 aliphatic heterocycles. The molecule has 98 valence electrons. The first kappa shape index (κ1) is 14.1. The Labute approximate surface area is 130 Å². The number of phenols is 1. The summed E-state index contributed by atoms with van der Waals surface area (Å²) in [5.74, 6) is 0.894. The number of halogens is 2. The highest BCUT2D eigenvalue weighted by Gasteiger charge is 2.01. The second-order valence-electron chi connectivity index (χ2n) is 3.79. The molecule has 0 saturated heterocycles. The van der Waals surface area contributed by atoms with Crippen LogP contribution >= 0.6 is 34.2 Å². The quantitative estimate of drug-likeness (QED) is 0.626. The summed E-state index contributed by atoms with van der Waals surface area (Å²) in [7, 11) is 1.57. The van der Waals surface area contributed by atoms with Crippen molar-refractivity contribution in [1.29, 1.82) is 0 Å². The van der Waals surface area contributed by atoms with Crippen molar-refractivity contribution >= 4 is 46.1 Å². The van der Waals surface area contributed by atoms with Gasteiger partial charge in [-0.2, -0.15) is 0 Å². The molecule has 2 rings (SSSR count). The number of rotatable bonds is 3. The smallest absolute Gasteiger partial charge is 0.137 e. The normalized spacial score (nSPS) is 10.9. The van der Waals surface area contributed by atoms with E-state index >= 15 is 0 Å². The number of ether oxygens (including phenoxy) is 1. The van der Waals surface area contributed by atoms with Crippen molar-refractivity contribution in [3.05, 3.63) is 50.6 Å². The number of methoxy groups -OCH3 is 1. The van der Waals surface area contributed by atoms with Crippen LogP contribution in [0.2, 0.25) is 5.02 Å². The third-order valence-electron chi connectivity index (χ3n) is 2.47. The van der Waals surface area contributed by atoms with Gasteiger partial charge in [0.25, 0.3) is 0 Å². The number of aromatic hydroxyl groups is 1. The Balaban J connectivity index is 2.22. The van der Waals surface area contributed by atoms with Crippen molar-refractivity contribution in [1.82, 2.24) is 0 Å². The number of phenolic OH excluding ortho intramolecular Hbond substituents is 1. The van der Waals surface area contributed by atoms with E-state index in [1.54, 1.807) is 37.6 Å². The standard InChI is InChI=1S/C14H11ClINO2/c1-19-14-5-3-10(7-11(14)15)17-8-9-2-4-13(18)12(16)6-9/h2-8,18H,1H3. The summed E-state index contributed by atoms with van der Waals surface area (Å²) in [6, 6.07) is 10.6. The minimum absolute atomic E-state index is 0.269. The van der Waals surface area contributed by atoms with E-state index in [-0.39, 0.29) is 5.75 Å². The van der Waals surface area contributed by atoms with Gasteiger partial charge in [0.1, 0.15) is 11.5 Å².